The molecule has 0 saturated heterocycles. The van der Waals surface area contributed by atoms with Gasteiger partial charge >= 0.3 is 0 Å². The molecule has 0 aliphatic rings. The van der Waals surface area contributed by atoms with E-state index >= 15 is 0 Å². The number of pyridine rings is 1. The van der Waals surface area contributed by atoms with Crippen molar-refractivity contribution in [2.45, 2.75) is 6.92 Å². The van der Waals surface area contributed by atoms with Gasteiger partial charge in [-0.15, -0.1) is 0 Å². The summed E-state index contributed by atoms with van der Waals surface area (Å²) >= 11 is 6.32. The Kier molecular flexibility index (Phi) is 4.23. The first-order valence-electron chi connectivity index (χ1n) is 8.29. The smallest absolute Gasteiger partial charge is 0.129 e. The maximum absolute atomic E-state index is 6.32. The first-order valence-corrected chi connectivity index (χ1v) is 8.67. The lowest BCUT2D eigenvalue weighted by molar-refractivity contribution is 0.483. The molecule has 3 aromatic carbocycles. The first kappa shape index (κ1) is 16.4. The number of nitrogens with zero attached hydrogens (tertiary/aromatic N) is 1. The molecule has 3 nitrogen and oxygen atoms in total. The van der Waals surface area contributed by atoms with Crippen molar-refractivity contribution in [2.75, 3.05) is 5.73 Å². The van der Waals surface area contributed by atoms with Gasteiger partial charge in [0.05, 0.1) is 10.5 Å². The molecule has 1 aromatic heterocycles. The maximum Gasteiger partial charge on any atom is 0.129 e. The van der Waals surface area contributed by atoms with Crippen LogP contribution in [0.4, 0.5) is 5.69 Å². The molecule has 0 aliphatic carbocycles. The van der Waals surface area contributed by atoms with Crippen LogP contribution in [0, 0.1) is 6.92 Å². The quantitative estimate of drug-likeness (QED) is 0.440. The number of rotatable bonds is 3. The summed E-state index contributed by atoms with van der Waals surface area (Å²) in [6.45, 7) is 2.05. The zero-order valence-corrected chi connectivity index (χ0v) is 15.0. The van der Waals surface area contributed by atoms with E-state index in [4.69, 9.17) is 22.1 Å². The molecule has 26 heavy (non-hydrogen) atoms. The molecule has 128 valence electrons. The van der Waals surface area contributed by atoms with Crippen LogP contribution < -0.4 is 10.5 Å². The minimum absolute atomic E-state index is 0.649. The molecule has 0 atom stereocenters. The lowest BCUT2D eigenvalue weighted by Crippen LogP contribution is -1.91. The molecule has 1 heterocycles. The molecule has 0 radical (unpaired) electrons. The van der Waals surface area contributed by atoms with Crippen molar-refractivity contribution in [1.29, 1.82) is 0 Å². The van der Waals surface area contributed by atoms with Crippen LogP contribution in [0.2, 0.25) is 5.02 Å². The number of halogens is 1. The Labute approximate surface area is 157 Å². The molecule has 0 amide bonds. The number of benzene rings is 3. The van der Waals surface area contributed by atoms with Crippen LogP contribution in [-0.2, 0) is 0 Å². The van der Waals surface area contributed by atoms with Crippen molar-refractivity contribution >= 4 is 28.2 Å². The third-order valence-electron chi connectivity index (χ3n) is 4.25. The van der Waals surface area contributed by atoms with E-state index in [2.05, 4.69) is 11.1 Å². The fourth-order valence-corrected chi connectivity index (χ4v) is 3.32. The summed E-state index contributed by atoms with van der Waals surface area (Å²) in [5.41, 5.74) is 10.5. The van der Waals surface area contributed by atoms with Crippen LogP contribution >= 0.6 is 11.6 Å². The molecule has 0 saturated carbocycles. The highest BCUT2D eigenvalue weighted by Gasteiger charge is 2.11. The van der Waals surface area contributed by atoms with Gasteiger partial charge in [0.2, 0.25) is 0 Å². The molecule has 0 unspecified atom stereocenters. The lowest BCUT2D eigenvalue weighted by Gasteiger charge is -2.13. The Balaban J connectivity index is 1.81. The van der Waals surface area contributed by atoms with Crippen molar-refractivity contribution in [3.8, 4) is 22.6 Å². The summed E-state index contributed by atoms with van der Waals surface area (Å²) in [5.74, 6) is 1.46. The number of nitrogens with two attached hydrogens (primary N) is 1. The van der Waals surface area contributed by atoms with Gasteiger partial charge in [-0.05, 0) is 53.9 Å². The van der Waals surface area contributed by atoms with Gasteiger partial charge in [-0.3, -0.25) is 4.98 Å². The molecule has 4 aromatic rings. The number of ether oxygens (including phenoxy) is 1. The number of anilines is 1. The molecular weight excluding hydrogens is 344 g/mol. The number of nitrogen functional groups attached to an aromatic ring is 1. The van der Waals surface area contributed by atoms with Crippen molar-refractivity contribution in [3.05, 3.63) is 83.5 Å². The number of para-hydroxylation sites is 1. The van der Waals surface area contributed by atoms with Gasteiger partial charge < -0.3 is 10.5 Å². The zero-order chi connectivity index (χ0) is 18.1. The second-order valence-electron chi connectivity index (χ2n) is 6.15. The monoisotopic (exact) mass is 360 g/mol. The van der Waals surface area contributed by atoms with E-state index in [0.717, 1.165) is 33.3 Å². The van der Waals surface area contributed by atoms with Gasteiger partial charge in [-0.25, -0.2) is 0 Å². The normalized spacial score (nSPS) is 10.8. The van der Waals surface area contributed by atoms with Crippen LogP contribution in [-0.4, -0.2) is 4.98 Å². The number of hydrogen-bond donors (Lipinski definition) is 1. The van der Waals surface area contributed by atoms with Gasteiger partial charge in [0.1, 0.15) is 11.5 Å². The predicted octanol–water partition coefficient (Wildman–Crippen LogP) is 6.24. The van der Waals surface area contributed by atoms with E-state index in [-0.39, 0.29) is 0 Å². The number of hydrogen-bond acceptors (Lipinski definition) is 3. The van der Waals surface area contributed by atoms with Crippen LogP contribution in [0.25, 0.3) is 22.0 Å². The molecule has 0 fully saturated rings. The molecule has 0 bridgehead atoms. The van der Waals surface area contributed by atoms with Crippen LogP contribution in [0.5, 0.6) is 11.5 Å². The largest absolute Gasteiger partial charge is 0.457 e. The van der Waals surface area contributed by atoms with Gasteiger partial charge in [0.15, 0.2) is 0 Å². The number of aryl methyl sites for hydroxylation is 1. The van der Waals surface area contributed by atoms with Gasteiger partial charge in [0.25, 0.3) is 0 Å². The molecular formula is C22H17ClN2O. The Morgan fingerprint density at radius 3 is 2.46 bits per heavy atom. The average Bonchev–Trinajstić information content (AvgIpc) is 2.62. The zero-order valence-electron chi connectivity index (χ0n) is 14.2. The fourth-order valence-electron chi connectivity index (χ4n) is 3.10. The summed E-state index contributed by atoms with van der Waals surface area (Å²) in [5, 5.41) is 1.68. The van der Waals surface area contributed by atoms with Gasteiger partial charge in [-0.2, -0.15) is 0 Å². The SMILES string of the molecule is Cc1cnc2c(Cl)cccc2c1-c1cccc(Oc2cccc(N)c2)c1. The first-order chi connectivity index (χ1) is 12.6. The summed E-state index contributed by atoms with van der Waals surface area (Å²) in [4.78, 5) is 4.49. The predicted molar refractivity (Wildman–Crippen MR) is 108 cm³/mol. The second kappa shape index (κ2) is 6.70. The van der Waals surface area contributed by atoms with E-state index in [1.54, 1.807) is 6.07 Å². The van der Waals surface area contributed by atoms with Crippen LogP contribution in [0.3, 0.4) is 0 Å². The summed E-state index contributed by atoms with van der Waals surface area (Å²) in [7, 11) is 0. The van der Waals surface area contributed by atoms with Crippen molar-refractivity contribution in [3.63, 3.8) is 0 Å². The van der Waals surface area contributed by atoms with E-state index < -0.39 is 0 Å². The highest BCUT2D eigenvalue weighted by atomic mass is 35.5. The van der Waals surface area contributed by atoms with Crippen molar-refractivity contribution in [2.24, 2.45) is 0 Å². The Bertz CT molecular complexity index is 1110. The lowest BCUT2D eigenvalue weighted by atomic mass is 9.97. The topological polar surface area (TPSA) is 48.1 Å². The molecule has 0 spiro atoms. The third-order valence-corrected chi connectivity index (χ3v) is 4.56. The summed E-state index contributed by atoms with van der Waals surface area (Å²) in [6, 6.07) is 21.2. The Morgan fingerprint density at radius 1 is 0.923 bits per heavy atom. The van der Waals surface area contributed by atoms with E-state index in [9.17, 15) is 0 Å². The van der Waals surface area contributed by atoms with Crippen LogP contribution in [0.1, 0.15) is 5.56 Å². The maximum atomic E-state index is 6.32. The number of fused-ring (bicyclic) bond motifs is 1. The minimum atomic E-state index is 0.649. The van der Waals surface area contributed by atoms with E-state index in [0.29, 0.717) is 16.5 Å². The average molecular weight is 361 g/mol. The standard InChI is InChI=1S/C22H17ClN2O/c1-14-13-25-22-19(9-4-10-20(22)23)21(14)15-5-2-7-17(11-15)26-18-8-3-6-16(24)12-18/h2-13H,24H2,1H3. The molecule has 0 aliphatic heterocycles. The minimum Gasteiger partial charge on any atom is -0.457 e. The Morgan fingerprint density at radius 2 is 1.65 bits per heavy atom. The van der Waals surface area contributed by atoms with Crippen LogP contribution in [0.15, 0.2) is 72.9 Å². The second-order valence-corrected chi connectivity index (χ2v) is 6.56. The van der Waals surface area contributed by atoms with Crippen molar-refractivity contribution in [1.82, 2.24) is 4.98 Å². The van der Waals surface area contributed by atoms with Crippen molar-refractivity contribution < 1.29 is 4.74 Å². The highest BCUT2D eigenvalue weighted by Crippen LogP contribution is 2.35. The molecule has 2 N–H and O–H groups in total. The molecule has 4 rings (SSSR count). The fraction of sp³-hybridized carbons (Fsp3) is 0.0455. The van der Waals surface area contributed by atoms with E-state index in [1.807, 2.05) is 67.7 Å². The van der Waals surface area contributed by atoms with E-state index in [1.165, 1.54) is 0 Å². The molecule has 4 heteroatoms. The summed E-state index contributed by atoms with van der Waals surface area (Å²) in [6.07, 6.45) is 1.86. The number of aromatic nitrogens is 1. The summed E-state index contributed by atoms with van der Waals surface area (Å²) < 4.78 is 5.98. The van der Waals surface area contributed by atoms with Gasteiger partial charge in [0, 0.05) is 23.3 Å². The third kappa shape index (κ3) is 3.09. The Hall–Kier alpha value is -3.04. The van der Waals surface area contributed by atoms with Gasteiger partial charge in [-0.1, -0.05) is 41.9 Å². The highest BCUT2D eigenvalue weighted by molar-refractivity contribution is 6.35.